The van der Waals surface area contributed by atoms with Gasteiger partial charge in [-0.25, -0.2) is 0 Å². The molecule has 1 aromatic rings. The van der Waals surface area contributed by atoms with Gasteiger partial charge in [-0.3, -0.25) is 14.5 Å². The van der Waals surface area contributed by atoms with E-state index in [1.165, 1.54) is 5.57 Å². The van der Waals surface area contributed by atoms with Crippen molar-refractivity contribution < 1.29 is 19.8 Å². The minimum absolute atomic E-state index is 0.0951. The van der Waals surface area contributed by atoms with Crippen LogP contribution in [-0.2, 0) is 4.79 Å². The first-order valence-electron chi connectivity index (χ1n) is 10.3. The van der Waals surface area contributed by atoms with Crippen LogP contribution in [0, 0.1) is 12.3 Å². The van der Waals surface area contributed by atoms with Gasteiger partial charge in [0.25, 0.3) is 12.4 Å². The molecule has 2 aliphatic rings. The molecule has 2 heterocycles. The number of allylic oxidation sites excluding steroid dienone is 1. The van der Waals surface area contributed by atoms with Crippen molar-refractivity contribution in [3.63, 3.8) is 0 Å². The van der Waals surface area contributed by atoms with Crippen LogP contribution in [0.25, 0.3) is 0 Å². The third-order valence-electron chi connectivity index (χ3n) is 5.92. The second kappa shape index (κ2) is 10.6. The number of aryl methyl sites for hydroxylation is 1. The average Bonchev–Trinajstić information content (AvgIpc) is 2.70. The number of carboxylic acid groups (broad SMARTS) is 1. The summed E-state index contributed by atoms with van der Waals surface area (Å²) in [4.78, 5) is 25.7. The lowest BCUT2D eigenvalue weighted by atomic mass is 9.71. The number of benzene rings is 1. The summed E-state index contributed by atoms with van der Waals surface area (Å²) in [5, 5.41) is 17.7. The third kappa shape index (κ3) is 6.15. The molecule has 2 saturated heterocycles. The molecule has 160 valence electrons. The van der Waals surface area contributed by atoms with Crippen molar-refractivity contribution >= 4 is 12.4 Å². The van der Waals surface area contributed by atoms with E-state index in [0.29, 0.717) is 6.54 Å². The molecule has 2 N–H and O–H groups in total. The first-order valence-corrected chi connectivity index (χ1v) is 10.3. The summed E-state index contributed by atoms with van der Waals surface area (Å²) in [7, 11) is 0. The number of hydrogen-bond acceptors (Lipinski definition) is 4. The van der Waals surface area contributed by atoms with Crippen LogP contribution in [0.4, 0.5) is 0 Å². The minimum atomic E-state index is -0.320. The van der Waals surface area contributed by atoms with Crippen molar-refractivity contribution in [2.75, 3.05) is 32.7 Å². The highest BCUT2D eigenvalue weighted by atomic mass is 16.3. The Morgan fingerprint density at radius 3 is 2.48 bits per heavy atom. The van der Waals surface area contributed by atoms with Crippen LogP contribution in [0.2, 0.25) is 0 Å². The molecular formula is C23H34N2O4. The number of amides is 1. The second-order valence-corrected chi connectivity index (χ2v) is 8.49. The first-order chi connectivity index (χ1) is 13.8. The molecule has 0 unspecified atom stereocenters. The molecular weight excluding hydrogens is 368 g/mol. The summed E-state index contributed by atoms with van der Waals surface area (Å²) in [6.45, 7) is 10.2. The Kier molecular flexibility index (Phi) is 8.41. The van der Waals surface area contributed by atoms with Gasteiger partial charge in [-0.15, -0.1) is 0 Å². The van der Waals surface area contributed by atoms with Crippen LogP contribution >= 0.6 is 0 Å². The Bertz CT molecular complexity index is 712. The molecule has 0 saturated carbocycles. The average molecular weight is 403 g/mol. The fourth-order valence-corrected chi connectivity index (χ4v) is 4.32. The number of nitrogens with zero attached hydrogens (tertiary/aromatic N) is 2. The maximum Gasteiger partial charge on any atom is 0.290 e. The highest BCUT2D eigenvalue weighted by Gasteiger charge is 2.46. The van der Waals surface area contributed by atoms with Crippen LogP contribution in [0.15, 0.2) is 35.9 Å². The van der Waals surface area contributed by atoms with E-state index in [1.807, 2.05) is 36.1 Å². The summed E-state index contributed by atoms with van der Waals surface area (Å²) in [5.41, 5.74) is 3.05. The fraction of sp³-hybridized carbons (Fsp3) is 0.565. The van der Waals surface area contributed by atoms with Crippen molar-refractivity contribution in [3.05, 3.63) is 47.0 Å². The number of carbonyl (C=O) groups excluding carboxylic acids is 1. The maximum atomic E-state index is 13.0. The summed E-state index contributed by atoms with van der Waals surface area (Å²) < 4.78 is 0. The van der Waals surface area contributed by atoms with E-state index in [9.17, 15) is 9.90 Å². The molecule has 2 fully saturated rings. The lowest BCUT2D eigenvalue weighted by Gasteiger charge is -2.51. The van der Waals surface area contributed by atoms with Crippen LogP contribution in [0.1, 0.15) is 49.0 Å². The zero-order valence-electron chi connectivity index (χ0n) is 17.8. The van der Waals surface area contributed by atoms with E-state index in [-0.39, 0.29) is 23.9 Å². The fourth-order valence-electron chi connectivity index (χ4n) is 4.32. The largest absolute Gasteiger partial charge is 0.483 e. The smallest absolute Gasteiger partial charge is 0.290 e. The molecule has 2 aliphatic heterocycles. The number of aliphatic hydroxyl groups is 1. The standard InChI is InChI=1S/C22H32N2O2.CH2O2/c1-17(2)9-13-23-14-10-20(25)22(15-23)11-4-12-24(16-22)21(26)19-7-5-18(3)6-8-19;2-1-3/h5-9,20,25H,4,10-16H2,1-3H3;1H,(H,2,3)/t20-,22-;/m1./s1. The zero-order valence-corrected chi connectivity index (χ0v) is 17.8. The van der Waals surface area contributed by atoms with Gasteiger partial charge in [-0.2, -0.15) is 0 Å². The van der Waals surface area contributed by atoms with E-state index in [2.05, 4.69) is 24.8 Å². The molecule has 29 heavy (non-hydrogen) atoms. The number of rotatable bonds is 3. The molecule has 1 spiro atoms. The van der Waals surface area contributed by atoms with Crippen LogP contribution in [-0.4, -0.2) is 71.2 Å². The number of carbonyl (C=O) groups is 2. The van der Waals surface area contributed by atoms with Gasteiger partial charge in [-0.05, 0) is 52.2 Å². The minimum Gasteiger partial charge on any atom is -0.483 e. The molecule has 3 rings (SSSR count). The Labute approximate surface area is 173 Å². The van der Waals surface area contributed by atoms with Gasteiger partial charge in [0.15, 0.2) is 0 Å². The van der Waals surface area contributed by atoms with Gasteiger partial charge in [-0.1, -0.05) is 29.3 Å². The number of aliphatic hydroxyl groups excluding tert-OH is 1. The van der Waals surface area contributed by atoms with Crippen LogP contribution in [0.3, 0.4) is 0 Å². The van der Waals surface area contributed by atoms with Gasteiger partial charge < -0.3 is 15.1 Å². The normalized spacial score (nSPS) is 24.4. The monoisotopic (exact) mass is 402 g/mol. The van der Waals surface area contributed by atoms with Crippen LogP contribution < -0.4 is 0 Å². The van der Waals surface area contributed by atoms with Crippen molar-refractivity contribution in [1.29, 1.82) is 0 Å². The molecule has 1 aromatic carbocycles. The molecule has 0 aromatic heterocycles. The molecule has 0 bridgehead atoms. The zero-order chi connectivity index (χ0) is 21.4. The van der Waals surface area contributed by atoms with Crippen molar-refractivity contribution in [2.45, 2.75) is 46.1 Å². The highest BCUT2D eigenvalue weighted by molar-refractivity contribution is 5.94. The van der Waals surface area contributed by atoms with Crippen molar-refractivity contribution in [2.24, 2.45) is 5.41 Å². The summed E-state index contributed by atoms with van der Waals surface area (Å²) in [5.74, 6) is 0.0951. The molecule has 6 heteroatoms. The predicted molar refractivity (Wildman–Crippen MR) is 114 cm³/mol. The Morgan fingerprint density at radius 2 is 1.86 bits per heavy atom. The topological polar surface area (TPSA) is 81.1 Å². The summed E-state index contributed by atoms with van der Waals surface area (Å²) in [6.07, 6.45) is 4.69. The van der Waals surface area contributed by atoms with E-state index >= 15 is 0 Å². The highest BCUT2D eigenvalue weighted by Crippen LogP contribution is 2.39. The first kappa shape index (κ1) is 23.1. The van der Waals surface area contributed by atoms with E-state index in [1.54, 1.807) is 0 Å². The van der Waals surface area contributed by atoms with Crippen molar-refractivity contribution in [3.8, 4) is 0 Å². The number of piperidine rings is 2. The Morgan fingerprint density at radius 1 is 1.21 bits per heavy atom. The summed E-state index contributed by atoms with van der Waals surface area (Å²) >= 11 is 0. The van der Waals surface area contributed by atoms with Gasteiger partial charge in [0.05, 0.1) is 6.10 Å². The quantitative estimate of drug-likeness (QED) is 0.600. The Balaban J connectivity index is 0.000000941. The molecule has 0 radical (unpaired) electrons. The molecule has 0 aliphatic carbocycles. The second-order valence-electron chi connectivity index (χ2n) is 8.49. The number of hydrogen-bond donors (Lipinski definition) is 2. The molecule has 2 atom stereocenters. The number of likely N-dealkylation sites (tertiary alicyclic amines) is 2. The van der Waals surface area contributed by atoms with Gasteiger partial charge in [0.2, 0.25) is 0 Å². The van der Waals surface area contributed by atoms with E-state index < -0.39 is 0 Å². The third-order valence-corrected chi connectivity index (χ3v) is 5.92. The van der Waals surface area contributed by atoms with E-state index in [4.69, 9.17) is 9.90 Å². The molecule has 1 amide bonds. The lowest BCUT2D eigenvalue weighted by Crippen LogP contribution is -2.59. The van der Waals surface area contributed by atoms with Gasteiger partial charge >= 0.3 is 0 Å². The van der Waals surface area contributed by atoms with E-state index in [0.717, 1.165) is 56.6 Å². The van der Waals surface area contributed by atoms with Gasteiger partial charge in [0.1, 0.15) is 0 Å². The molecule has 6 nitrogen and oxygen atoms in total. The maximum absolute atomic E-state index is 13.0. The van der Waals surface area contributed by atoms with Gasteiger partial charge in [0, 0.05) is 43.7 Å². The lowest BCUT2D eigenvalue weighted by molar-refractivity contribution is -0.122. The predicted octanol–water partition coefficient (Wildman–Crippen LogP) is 2.95. The Hall–Kier alpha value is -2.18. The SMILES string of the molecule is CC(C)=CCN1CC[C@@H](O)[C@]2(CCCN(C(=O)c3ccc(C)cc3)C2)C1.O=CO. The summed E-state index contributed by atoms with van der Waals surface area (Å²) in [6, 6.07) is 7.81. The van der Waals surface area contributed by atoms with Crippen molar-refractivity contribution in [1.82, 2.24) is 9.80 Å². The van der Waals surface area contributed by atoms with Crippen LogP contribution in [0.5, 0.6) is 0 Å².